The Balaban J connectivity index is 3.04. The van der Waals surface area contributed by atoms with Crippen molar-refractivity contribution in [2.24, 2.45) is 0 Å². The van der Waals surface area contributed by atoms with Gasteiger partial charge in [0.1, 0.15) is 11.5 Å². The van der Waals surface area contributed by atoms with Crippen LogP contribution in [0.2, 0.25) is 0 Å². The summed E-state index contributed by atoms with van der Waals surface area (Å²) in [7, 11) is 2.90. The average Bonchev–Trinajstić information content (AvgIpc) is 2.43. The molecule has 0 aliphatic carbocycles. The number of hydrogen-bond donors (Lipinski definition) is 2. The second kappa shape index (κ2) is 7.39. The molecular formula is C12H16FN3O4. The molecule has 1 aromatic carbocycles. The lowest BCUT2D eigenvalue weighted by molar-refractivity contribution is -0.384. The normalized spacial score (nSPS) is 10.2. The number of hydrogen-bond acceptors (Lipinski definition) is 6. The number of anilines is 1. The molecule has 0 unspecified atom stereocenters. The monoisotopic (exact) mass is 285 g/mol. The molecule has 2 N–H and O–H groups in total. The second-order valence-corrected chi connectivity index (χ2v) is 3.98. The molecular weight excluding hydrogens is 269 g/mol. The number of ether oxygens (including phenoxy) is 1. The minimum Gasteiger partial charge on any atom is -0.465 e. The second-order valence-electron chi connectivity index (χ2n) is 3.98. The summed E-state index contributed by atoms with van der Waals surface area (Å²) in [5, 5.41) is 16.6. The van der Waals surface area contributed by atoms with Crippen LogP contribution in [0.25, 0.3) is 0 Å². The summed E-state index contributed by atoms with van der Waals surface area (Å²) in [5.74, 6) is -1.86. The zero-order valence-corrected chi connectivity index (χ0v) is 11.2. The molecule has 0 heterocycles. The van der Waals surface area contributed by atoms with Gasteiger partial charge in [0, 0.05) is 6.54 Å². The highest BCUT2D eigenvalue weighted by Gasteiger charge is 2.22. The first-order valence-electron chi connectivity index (χ1n) is 5.96. The van der Waals surface area contributed by atoms with E-state index < -0.39 is 22.4 Å². The standard InChI is InChI=1S/C12H16FN3O4/c1-14-4-3-5-15-10-6-8(12(17)20-2)9(13)7-11(10)16(18)19/h6-7,14-15H,3-5H2,1-2H3. The highest BCUT2D eigenvalue weighted by atomic mass is 19.1. The van der Waals surface area contributed by atoms with Crippen LogP contribution in [0.5, 0.6) is 0 Å². The highest BCUT2D eigenvalue weighted by molar-refractivity contribution is 5.91. The highest BCUT2D eigenvalue weighted by Crippen LogP contribution is 2.28. The lowest BCUT2D eigenvalue weighted by Crippen LogP contribution is -2.14. The third-order valence-electron chi connectivity index (χ3n) is 2.61. The minimum absolute atomic E-state index is 0.0907. The summed E-state index contributed by atoms with van der Waals surface area (Å²) < 4.78 is 18.1. The van der Waals surface area contributed by atoms with E-state index in [-0.39, 0.29) is 11.3 Å². The zero-order chi connectivity index (χ0) is 15.1. The Labute approximate surface area is 115 Å². The summed E-state index contributed by atoms with van der Waals surface area (Å²) >= 11 is 0. The Morgan fingerprint density at radius 1 is 1.45 bits per heavy atom. The van der Waals surface area contributed by atoms with Gasteiger partial charge in [0.25, 0.3) is 5.69 Å². The van der Waals surface area contributed by atoms with Crippen LogP contribution in [0.15, 0.2) is 12.1 Å². The molecule has 0 bridgehead atoms. The number of halogens is 1. The first-order chi connectivity index (χ1) is 9.51. The maximum Gasteiger partial charge on any atom is 0.340 e. The molecule has 0 amide bonds. The van der Waals surface area contributed by atoms with Crippen molar-refractivity contribution in [3.8, 4) is 0 Å². The molecule has 0 aromatic heterocycles. The molecule has 110 valence electrons. The summed E-state index contributed by atoms with van der Waals surface area (Å²) in [4.78, 5) is 21.6. The van der Waals surface area contributed by atoms with E-state index in [4.69, 9.17) is 0 Å². The molecule has 0 fully saturated rings. The van der Waals surface area contributed by atoms with Gasteiger partial charge < -0.3 is 15.4 Å². The molecule has 0 atom stereocenters. The molecule has 0 spiro atoms. The largest absolute Gasteiger partial charge is 0.465 e. The number of nitro benzene ring substituents is 1. The van der Waals surface area contributed by atoms with Crippen LogP contribution in [0, 0.1) is 15.9 Å². The van der Waals surface area contributed by atoms with Gasteiger partial charge in [0.15, 0.2) is 0 Å². The van der Waals surface area contributed by atoms with E-state index in [1.807, 2.05) is 0 Å². The van der Waals surface area contributed by atoms with Crippen LogP contribution in [0.1, 0.15) is 16.8 Å². The van der Waals surface area contributed by atoms with E-state index in [1.165, 1.54) is 0 Å². The fraction of sp³-hybridized carbons (Fsp3) is 0.417. The smallest absolute Gasteiger partial charge is 0.340 e. The number of benzene rings is 1. The zero-order valence-electron chi connectivity index (χ0n) is 11.2. The van der Waals surface area contributed by atoms with Crippen LogP contribution < -0.4 is 10.6 Å². The molecule has 0 aliphatic rings. The van der Waals surface area contributed by atoms with Crippen molar-refractivity contribution in [2.45, 2.75) is 6.42 Å². The van der Waals surface area contributed by atoms with E-state index in [1.54, 1.807) is 7.05 Å². The van der Waals surface area contributed by atoms with E-state index in [2.05, 4.69) is 15.4 Å². The van der Waals surface area contributed by atoms with Crippen molar-refractivity contribution in [3.63, 3.8) is 0 Å². The summed E-state index contributed by atoms with van der Waals surface area (Å²) in [6, 6.07) is 1.81. The number of carbonyl (C=O) groups is 1. The predicted molar refractivity (Wildman–Crippen MR) is 71.4 cm³/mol. The number of rotatable bonds is 7. The third kappa shape index (κ3) is 3.89. The SMILES string of the molecule is CNCCCNc1cc(C(=O)OC)c(F)cc1[N+](=O)[O-]. The van der Waals surface area contributed by atoms with Gasteiger partial charge in [-0.25, -0.2) is 9.18 Å². The fourth-order valence-corrected chi connectivity index (χ4v) is 1.61. The Kier molecular flexibility index (Phi) is 5.85. The minimum atomic E-state index is -0.982. The van der Waals surface area contributed by atoms with Gasteiger partial charge in [-0.15, -0.1) is 0 Å². The molecule has 1 rings (SSSR count). The Hall–Kier alpha value is -2.22. The number of nitrogens with one attached hydrogen (secondary N) is 2. The number of esters is 1. The summed E-state index contributed by atoms with van der Waals surface area (Å²) in [5.41, 5.74) is -0.665. The molecule has 20 heavy (non-hydrogen) atoms. The average molecular weight is 285 g/mol. The van der Waals surface area contributed by atoms with Gasteiger partial charge in [-0.05, 0) is 26.1 Å². The number of nitrogens with zero attached hydrogens (tertiary/aromatic N) is 1. The summed E-state index contributed by atoms with van der Waals surface area (Å²) in [6.45, 7) is 1.18. The number of carbonyl (C=O) groups excluding carboxylic acids is 1. The Bertz CT molecular complexity index is 508. The van der Waals surface area contributed by atoms with Gasteiger partial charge in [0.05, 0.1) is 23.7 Å². The first kappa shape index (κ1) is 15.8. The van der Waals surface area contributed by atoms with Gasteiger partial charge >= 0.3 is 5.97 Å². The first-order valence-corrected chi connectivity index (χ1v) is 5.96. The number of nitro groups is 1. The van der Waals surface area contributed by atoms with E-state index in [9.17, 15) is 19.3 Å². The fourth-order valence-electron chi connectivity index (χ4n) is 1.61. The van der Waals surface area contributed by atoms with Crippen LogP contribution in [0.3, 0.4) is 0 Å². The topological polar surface area (TPSA) is 93.5 Å². The third-order valence-corrected chi connectivity index (χ3v) is 2.61. The Morgan fingerprint density at radius 3 is 2.70 bits per heavy atom. The molecule has 1 aromatic rings. The molecule has 0 saturated heterocycles. The van der Waals surface area contributed by atoms with Crippen LogP contribution in [-0.4, -0.2) is 38.1 Å². The molecule has 0 radical (unpaired) electrons. The predicted octanol–water partition coefficient (Wildman–Crippen LogP) is 1.54. The lowest BCUT2D eigenvalue weighted by Gasteiger charge is -2.09. The number of methoxy groups -OCH3 is 1. The van der Waals surface area contributed by atoms with Gasteiger partial charge in [-0.1, -0.05) is 0 Å². The quantitative estimate of drug-likeness (QED) is 0.341. The van der Waals surface area contributed by atoms with Crippen molar-refractivity contribution in [1.29, 1.82) is 0 Å². The van der Waals surface area contributed by atoms with Crippen molar-refractivity contribution in [3.05, 3.63) is 33.6 Å². The van der Waals surface area contributed by atoms with Gasteiger partial charge in [-0.2, -0.15) is 0 Å². The molecule has 0 saturated carbocycles. The van der Waals surface area contributed by atoms with Gasteiger partial charge in [-0.3, -0.25) is 10.1 Å². The van der Waals surface area contributed by atoms with E-state index in [0.29, 0.717) is 12.6 Å². The van der Waals surface area contributed by atoms with Crippen molar-refractivity contribution >= 4 is 17.3 Å². The van der Waals surface area contributed by atoms with Crippen molar-refractivity contribution < 1.29 is 18.8 Å². The maximum absolute atomic E-state index is 13.6. The summed E-state index contributed by atoms with van der Waals surface area (Å²) in [6.07, 6.45) is 0.721. The van der Waals surface area contributed by atoms with E-state index >= 15 is 0 Å². The molecule has 7 nitrogen and oxygen atoms in total. The molecule has 8 heteroatoms. The maximum atomic E-state index is 13.6. The van der Waals surface area contributed by atoms with Crippen LogP contribution in [-0.2, 0) is 4.74 Å². The van der Waals surface area contributed by atoms with E-state index in [0.717, 1.165) is 26.1 Å². The lowest BCUT2D eigenvalue weighted by atomic mass is 10.1. The van der Waals surface area contributed by atoms with Crippen molar-refractivity contribution in [2.75, 3.05) is 32.6 Å². The molecule has 0 aliphatic heterocycles. The van der Waals surface area contributed by atoms with Crippen molar-refractivity contribution in [1.82, 2.24) is 5.32 Å². The van der Waals surface area contributed by atoms with Gasteiger partial charge in [0.2, 0.25) is 0 Å². The van der Waals surface area contributed by atoms with Crippen LogP contribution in [0.4, 0.5) is 15.8 Å². The Morgan fingerprint density at radius 2 is 2.15 bits per heavy atom. The van der Waals surface area contributed by atoms with Crippen LogP contribution >= 0.6 is 0 Å².